The summed E-state index contributed by atoms with van der Waals surface area (Å²) in [6.07, 6.45) is 5.83. The average molecular weight is 373 g/mol. The van der Waals surface area contributed by atoms with Crippen LogP contribution in [0, 0.1) is 5.82 Å². The number of aryl methyl sites for hydroxylation is 1. The highest BCUT2D eigenvalue weighted by Gasteiger charge is 2.14. The number of nitrogens with one attached hydrogen (secondary N) is 2. The van der Waals surface area contributed by atoms with Crippen molar-refractivity contribution in [2.45, 2.75) is 0 Å². The third-order valence-electron chi connectivity index (χ3n) is 3.38. The van der Waals surface area contributed by atoms with Crippen LogP contribution in [0.1, 0.15) is 0 Å². The Hall–Kier alpha value is -3.26. The third-order valence-corrected chi connectivity index (χ3v) is 3.66. The van der Waals surface area contributed by atoms with Crippen LogP contribution in [0.25, 0.3) is 11.3 Å². The second-order valence-electron chi connectivity index (χ2n) is 5.31. The molecule has 0 aliphatic carbocycles. The van der Waals surface area contributed by atoms with Crippen molar-refractivity contribution in [1.29, 1.82) is 0 Å². The molecule has 0 saturated carbocycles. The van der Waals surface area contributed by atoms with Gasteiger partial charge in [-0.25, -0.2) is 14.4 Å². The van der Waals surface area contributed by atoms with Gasteiger partial charge in [-0.05, 0) is 24.3 Å². The van der Waals surface area contributed by atoms with E-state index < -0.39 is 11.7 Å². The average Bonchev–Trinajstić information content (AvgIpc) is 3.03. The van der Waals surface area contributed by atoms with Crippen molar-refractivity contribution >= 4 is 34.8 Å². The largest absolute Gasteiger partial charge is 0.323 e. The van der Waals surface area contributed by atoms with Crippen molar-refractivity contribution in [1.82, 2.24) is 19.7 Å². The molecule has 132 valence electrons. The van der Waals surface area contributed by atoms with Gasteiger partial charge >= 0.3 is 0 Å². The van der Waals surface area contributed by atoms with E-state index in [-0.39, 0.29) is 22.2 Å². The van der Waals surface area contributed by atoms with Gasteiger partial charge in [-0.1, -0.05) is 18.2 Å². The summed E-state index contributed by atoms with van der Waals surface area (Å²) in [5.41, 5.74) is 1.39. The summed E-state index contributed by atoms with van der Waals surface area (Å²) in [6, 6.07) is 4.10. The summed E-state index contributed by atoms with van der Waals surface area (Å²) in [6.45, 7) is 3.38. The van der Waals surface area contributed by atoms with Crippen LogP contribution in [0.3, 0.4) is 0 Å². The number of benzene rings is 1. The van der Waals surface area contributed by atoms with Gasteiger partial charge in [0.05, 0.1) is 28.8 Å². The van der Waals surface area contributed by atoms with E-state index in [0.29, 0.717) is 11.4 Å². The van der Waals surface area contributed by atoms with Gasteiger partial charge in [-0.3, -0.25) is 9.48 Å². The Labute approximate surface area is 153 Å². The fraction of sp³-hybridized carbons (Fsp3) is 0.0588. The van der Waals surface area contributed by atoms with Gasteiger partial charge in [0.25, 0.3) is 0 Å². The van der Waals surface area contributed by atoms with E-state index in [1.165, 1.54) is 24.4 Å². The summed E-state index contributed by atoms with van der Waals surface area (Å²) >= 11 is 6.16. The minimum atomic E-state index is -0.533. The van der Waals surface area contributed by atoms with Gasteiger partial charge in [-0.15, -0.1) is 0 Å². The fourth-order valence-electron chi connectivity index (χ4n) is 2.21. The second kappa shape index (κ2) is 7.32. The predicted molar refractivity (Wildman–Crippen MR) is 97.8 cm³/mol. The fourth-order valence-corrected chi connectivity index (χ4v) is 2.40. The normalized spacial score (nSPS) is 10.4. The second-order valence-corrected chi connectivity index (χ2v) is 5.71. The molecule has 9 heteroatoms. The molecule has 0 atom stereocenters. The molecule has 0 bridgehead atoms. The lowest BCUT2D eigenvalue weighted by Gasteiger charge is -2.10. The molecule has 3 aromatic rings. The standard InChI is InChI=1S/C17H14ClFN6O/c1-3-15(26)22-10-4-5-14(19)12(6-10)16-13(18)8-20-17(24-16)23-11-7-21-25(2)9-11/h3-9H,1H2,2H3,(H,22,26)(H,20,23,24). The van der Waals surface area contributed by atoms with Crippen LogP contribution in [0.15, 0.2) is 49.4 Å². The molecule has 0 unspecified atom stereocenters. The summed E-state index contributed by atoms with van der Waals surface area (Å²) < 4.78 is 15.9. The van der Waals surface area contributed by atoms with E-state index in [2.05, 4.69) is 32.3 Å². The summed E-state index contributed by atoms with van der Waals surface area (Å²) in [5, 5.41) is 9.75. The number of nitrogens with zero attached hydrogens (tertiary/aromatic N) is 4. The van der Waals surface area contributed by atoms with Crippen LogP contribution in [0.5, 0.6) is 0 Å². The Bertz CT molecular complexity index is 987. The zero-order valence-corrected chi connectivity index (χ0v) is 14.5. The first-order valence-electron chi connectivity index (χ1n) is 7.48. The number of hydrogen-bond donors (Lipinski definition) is 2. The topological polar surface area (TPSA) is 84.7 Å². The molecule has 2 N–H and O–H groups in total. The monoisotopic (exact) mass is 372 g/mol. The van der Waals surface area contributed by atoms with Gasteiger partial charge in [0.2, 0.25) is 11.9 Å². The van der Waals surface area contributed by atoms with Gasteiger partial charge < -0.3 is 10.6 Å². The van der Waals surface area contributed by atoms with Crippen LogP contribution < -0.4 is 10.6 Å². The number of carbonyl (C=O) groups is 1. The number of amides is 1. The number of aromatic nitrogens is 4. The van der Waals surface area contributed by atoms with Crippen LogP contribution in [0.4, 0.5) is 21.7 Å². The maximum absolute atomic E-state index is 14.3. The van der Waals surface area contributed by atoms with Crippen LogP contribution in [0.2, 0.25) is 5.02 Å². The SMILES string of the molecule is C=CC(=O)Nc1ccc(F)c(-c2nc(Nc3cnn(C)c3)ncc2Cl)c1. The van der Waals surface area contributed by atoms with E-state index in [1.54, 1.807) is 24.1 Å². The molecule has 26 heavy (non-hydrogen) atoms. The Morgan fingerprint density at radius 2 is 2.15 bits per heavy atom. The lowest BCUT2D eigenvalue weighted by atomic mass is 10.1. The van der Waals surface area contributed by atoms with Crippen LogP contribution >= 0.6 is 11.6 Å². The molecule has 0 fully saturated rings. The molecule has 3 rings (SSSR count). The summed E-state index contributed by atoms with van der Waals surface area (Å²) in [4.78, 5) is 19.8. The predicted octanol–water partition coefficient (Wildman–Crippen LogP) is 3.54. The van der Waals surface area contributed by atoms with E-state index in [4.69, 9.17) is 11.6 Å². The highest BCUT2D eigenvalue weighted by atomic mass is 35.5. The van der Waals surface area contributed by atoms with Crippen molar-refractivity contribution in [3.05, 3.63) is 60.3 Å². The molecule has 2 aromatic heterocycles. The smallest absolute Gasteiger partial charge is 0.247 e. The Balaban J connectivity index is 1.97. The van der Waals surface area contributed by atoms with Crippen LogP contribution in [-0.2, 0) is 11.8 Å². The lowest BCUT2D eigenvalue weighted by Crippen LogP contribution is -2.07. The molecule has 1 amide bonds. The maximum atomic E-state index is 14.3. The van der Waals surface area contributed by atoms with Crippen molar-refractivity contribution < 1.29 is 9.18 Å². The quantitative estimate of drug-likeness (QED) is 0.669. The molecular weight excluding hydrogens is 359 g/mol. The summed E-state index contributed by atoms with van der Waals surface area (Å²) in [7, 11) is 1.78. The molecule has 0 radical (unpaired) electrons. The molecule has 0 aliphatic rings. The highest BCUT2D eigenvalue weighted by molar-refractivity contribution is 6.33. The lowest BCUT2D eigenvalue weighted by molar-refractivity contribution is -0.111. The number of carbonyl (C=O) groups excluding carboxylic acids is 1. The third kappa shape index (κ3) is 3.86. The van der Waals surface area contributed by atoms with Gasteiger partial charge in [0.15, 0.2) is 0 Å². The zero-order valence-electron chi connectivity index (χ0n) is 13.7. The molecule has 2 heterocycles. The number of halogens is 2. The van der Waals surface area contributed by atoms with Crippen molar-refractivity contribution in [3.63, 3.8) is 0 Å². The van der Waals surface area contributed by atoms with Crippen molar-refractivity contribution in [2.75, 3.05) is 10.6 Å². The Kier molecular flexibility index (Phi) is 4.94. The van der Waals surface area contributed by atoms with Crippen molar-refractivity contribution in [2.24, 2.45) is 7.05 Å². The number of hydrogen-bond acceptors (Lipinski definition) is 5. The van der Waals surface area contributed by atoms with Crippen LogP contribution in [-0.4, -0.2) is 25.7 Å². The minimum Gasteiger partial charge on any atom is -0.323 e. The number of anilines is 3. The molecule has 7 nitrogen and oxygen atoms in total. The van der Waals surface area contributed by atoms with Gasteiger partial charge in [-0.2, -0.15) is 5.10 Å². The molecule has 0 saturated heterocycles. The first-order valence-corrected chi connectivity index (χ1v) is 7.85. The van der Waals surface area contributed by atoms with E-state index in [9.17, 15) is 9.18 Å². The Morgan fingerprint density at radius 3 is 2.85 bits per heavy atom. The maximum Gasteiger partial charge on any atom is 0.247 e. The van der Waals surface area contributed by atoms with E-state index in [0.717, 1.165) is 6.08 Å². The first-order chi connectivity index (χ1) is 12.5. The Morgan fingerprint density at radius 1 is 1.35 bits per heavy atom. The number of rotatable bonds is 5. The molecule has 1 aromatic carbocycles. The molecule has 0 spiro atoms. The minimum absolute atomic E-state index is 0.133. The van der Waals surface area contributed by atoms with Crippen molar-refractivity contribution in [3.8, 4) is 11.3 Å². The molecule has 0 aliphatic heterocycles. The molecular formula is C17H14ClFN6O. The van der Waals surface area contributed by atoms with E-state index in [1.807, 2.05) is 0 Å². The first kappa shape index (κ1) is 17.6. The highest BCUT2D eigenvalue weighted by Crippen LogP contribution is 2.31. The van der Waals surface area contributed by atoms with Gasteiger partial charge in [0.1, 0.15) is 5.82 Å². The summed E-state index contributed by atoms with van der Waals surface area (Å²) in [5.74, 6) is -0.706. The zero-order chi connectivity index (χ0) is 18.7. The van der Waals surface area contributed by atoms with Gasteiger partial charge in [0, 0.05) is 24.5 Å². The van der Waals surface area contributed by atoms with E-state index >= 15 is 0 Å².